The van der Waals surface area contributed by atoms with Crippen molar-refractivity contribution in [2.24, 2.45) is 0 Å². The number of nitrogens with one attached hydrogen (secondary N) is 2. The average molecular weight is 403 g/mol. The van der Waals surface area contributed by atoms with Crippen LogP contribution in [0.3, 0.4) is 0 Å². The third kappa shape index (κ3) is 4.79. The van der Waals surface area contributed by atoms with Gasteiger partial charge in [-0.3, -0.25) is 4.79 Å². The summed E-state index contributed by atoms with van der Waals surface area (Å²) in [5.41, 5.74) is 3.73. The second-order valence-corrected chi connectivity index (χ2v) is 7.87. The van der Waals surface area contributed by atoms with Gasteiger partial charge in [0.05, 0.1) is 11.1 Å². The number of rotatable bonds is 8. The SMILES string of the molecule is CCc1ccccc1Nc1cc(C(=O)NCCCN2CCCC2)c2ccccc2n1. The zero-order valence-electron chi connectivity index (χ0n) is 17.7. The maximum Gasteiger partial charge on any atom is 0.252 e. The van der Waals surface area contributed by atoms with Crippen molar-refractivity contribution in [2.45, 2.75) is 32.6 Å². The fourth-order valence-electron chi connectivity index (χ4n) is 4.12. The van der Waals surface area contributed by atoms with Gasteiger partial charge in [-0.25, -0.2) is 4.98 Å². The number of benzene rings is 2. The van der Waals surface area contributed by atoms with Gasteiger partial charge in [0.1, 0.15) is 5.82 Å². The molecular weight excluding hydrogens is 372 g/mol. The lowest BCUT2D eigenvalue weighted by atomic mass is 10.1. The monoisotopic (exact) mass is 402 g/mol. The molecule has 0 saturated carbocycles. The van der Waals surface area contributed by atoms with Gasteiger partial charge in [-0.2, -0.15) is 0 Å². The Bertz CT molecular complexity index is 1010. The van der Waals surface area contributed by atoms with Crippen molar-refractivity contribution in [1.82, 2.24) is 15.2 Å². The molecular formula is C25H30N4O. The number of amides is 1. The average Bonchev–Trinajstić information content (AvgIpc) is 3.30. The minimum absolute atomic E-state index is 0.0400. The van der Waals surface area contributed by atoms with E-state index in [0.717, 1.165) is 36.0 Å². The van der Waals surface area contributed by atoms with Crippen LogP contribution in [0.4, 0.5) is 11.5 Å². The number of para-hydroxylation sites is 2. The first kappa shape index (κ1) is 20.4. The van der Waals surface area contributed by atoms with Crippen LogP contribution < -0.4 is 10.6 Å². The lowest BCUT2D eigenvalue weighted by molar-refractivity contribution is 0.0953. The highest BCUT2D eigenvalue weighted by Crippen LogP contribution is 2.25. The van der Waals surface area contributed by atoms with Gasteiger partial charge in [0, 0.05) is 17.6 Å². The molecule has 1 saturated heterocycles. The van der Waals surface area contributed by atoms with Crippen LogP contribution in [0.5, 0.6) is 0 Å². The summed E-state index contributed by atoms with van der Waals surface area (Å²) < 4.78 is 0. The van der Waals surface area contributed by atoms with Crippen molar-refractivity contribution in [3.05, 3.63) is 65.7 Å². The number of fused-ring (bicyclic) bond motifs is 1. The van der Waals surface area contributed by atoms with Crippen LogP contribution >= 0.6 is 0 Å². The van der Waals surface area contributed by atoms with Crippen LogP contribution in [0, 0.1) is 0 Å². The molecule has 3 aromatic rings. The molecule has 0 spiro atoms. The Balaban J connectivity index is 1.51. The number of aromatic nitrogens is 1. The van der Waals surface area contributed by atoms with Crippen molar-refractivity contribution in [3.8, 4) is 0 Å². The summed E-state index contributed by atoms with van der Waals surface area (Å²) in [4.78, 5) is 20.2. The molecule has 2 N–H and O–H groups in total. The van der Waals surface area contributed by atoms with Crippen molar-refractivity contribution in [1.29, 1.82) is 0 Å². The van der Waals surface area contributed by atoms with E-state index >= 15 is 0 Å². The molecule has 0 unspecified atom stereocenters. The zero-order chi connectivity index (χ0) is 20.8. The van der Waals surface area contributed by atoms with Crippen LogP contribution in [0.1, 0.15) is 42.1 Å². The fraction of sp³-hybridized carbons (Fsp3) is 0.360. The zero-order valence-corrected chi connectivity index (χ0v) is 17.7. The second kappa shape index (κ2) is 9.72. The summed E-state index contributed by atoms with van der Waals surface area (Å²) in [5.74, 6) is 0.652. The smallest absolute Gasteiger partial charge is 0.252 e. The third-order valence-electron chi connectivity index (χ3n) is 5.76. The topological polar surface area (TPSA) is 57.3 Å². The molecule has 1 aliphatic rings. The predicted molar refractivity (Wildman–Crippen MR) is 123 cm³/mol. The van der Waals surface area contributed by atoms with E-state index in [2.05, 4.69) is 28.5 Å². The molecule has 0 atom stereocenters. The fourth-order valence-corrected chi connectivity index (χ4v) is 4.12. The summed E-state index contributed by atoms with van der Waals surface area (Å²) in [7, 11) is 0. The number of anilines is 2. The van der Waals surface area contributed by atoms with Gasteiger partial charge in [-0.05, 0) is 69.1 Å². The molecule has 30 heavy (non-hydrogen) atoms. The van der Waals surface area contributed by atoms with E-state index < -0.39 is 0 Å². The number of nitrogens with zero attached hydrogens (tertiary/aromatic N) is 2. The standard InChI is InChI=1S/C25H30N4O/c1-2-19-10-3-5-12-22(19)27-24-18-21(20-11-4-6-13-23(20)28-24)25(30)26-14-9-17-29-15-7-8-16-29/h3-6,10-13,18H,2,7-9,14-17H2,1H3,(H,26,30)(H,27,28). The molecule has 1 fully saturated rings. The normalized spacial score (nSPS) is 14.2. The van der Waals surface area contributed by atoms with Gasteiger partial charge in [0.2, 0.25) is 0 Å². The van der Waals surface area contributed by atoms with Gasteiger partial charge in [0.15, 0.2) is 0 Å². The number of hydrogen-bond donors (Lipinski definition) is 2. The van der Waals surface area contributed by atoms with Crippen molar-refractivity contribution >= 4 is 28.3 Å². The van der Waals surface area contributed by atoms with Crippen LogP contribution in [0.25, 0.3) is 10.9 Å². The second-order valence-electron chi connectivity index (χ2n) is 7.87. The Kier molecular flexibility index (Phi) is 6.60. The quantitative estimate of drug-likeness (QED) is 0.534. The molecule has 1 amide bonds. The largest absolute Gasteiger partial charge is 0.352 e. The predicted octanol–water partition coefficient (Wildman–Crippen LogP) is 4.76. The lowest BCUT2D eigenvalue weighted by Gasteiger charge is -2.15. The van der Waals surface area contributed by atoms with Crippen molar-refractivity contribution in [3.63, 3.8) is 0 Å². The Morgan fingerprint density at radius 3 is 2.67 bits per heavy atom. The molecule has 1 aliphatic heterocycles. The Morgan fingerprint density at radius 2 is 1.83 bits per heavy atom. The first-order chi connectivity index (χ1) is 14.7. The Labute approximate surface area is 178 Å². The molecule has 4 rings (SSSR count). The summed E-state index contributed by atoms with van der Waals surface area (Å²) in [6.07, 6.45) is 4.50. The van der Waals surface area contributed by atoms with E-state index in [-0.39, 0.29) is 5.91 Å². The Hall–Kier alpha value is -2.92. The van der Waals surface area contributed by atoms with Crippen molar-refractivity contribution < 1.29 is 4.79 Å². The first-order valence-electron chi connectivity index (χ1n) is 11.0. The third-order valence-corrected chi connectivity index (χ3v) is 5.76. The molecule has 0 aliphatic carbocycles. The molecule has 156 valence electrons. The Morgan fingerprint density at radius 1 is 1.07 bits per heavy atom. The first-order valence-corrected chi connectivity index (χ1v) is 11.0. The summed E-state index contributed by atoms with van der Waals surface area (Å²) in [6.45, 7) is 6.26. The van der Waals surface area contributed by atoms with Crippen LogP contribution in [-0.4, -0.2) is 42.0 Å². The van der Waals surface area contributed by atoms with E-state index in [1.54, 1.807) is 0 Å². The maximum atomic E-state index is 13.0. The van der Waals surface area contributed by atoms with Gasteiger partial charge >= 0.3 is 0 Å². The highest BCUT2D eigenvalue weighted by atomic mass is 16.1. The van der Waals surface area contributed by atoms with Crippen molar-refractivity contribution in [2.75, 3.05) is 31.5 Å². The van der Waals surface area contributed by atoms with E-state index in [1.165, 1.54) is 31.5 Å². The number of aryl methyl sites for hydroxylation is 1. The van der Waals surface area contributed by atoms with Gasteiger partial charge in [-0.15, -0.1) is 0 Å². The van der Waals surface area contributed by atoms with Gasteiger partial charge < -0.3 is 15.5 Å². The number of likely N-dealkylation sites (tertiary alicyclic amines) is 1. The molecule has 0 radical (unpaired) electrons. The van der Waals surface area contributed by atoms with E-state index in [4.69, 9.17) is 4.98 Å². The number of carbonyl (C=O) groups is 1. The molecule has 2 aromatic carbocycles. The molecule has 5 nitrogen and oxygen atoms in total. The highest BCUT2D eigenvalue weighted by molar-refractivity contribution is 6.07. The minimum Gasteiger partial charge on any atom is -0.352 e. The number of hydrogen-bond acceptors (Lipinski definition) is 4. The summed E-state index contributed by atoms with van der Waals surface area (Å²) >= 11 is 0. The van der Waals surface area contributed by atoms with E-state index in [9.17, 15) is 4.79 Å². The molecule has 2 heterocycles. The lowest BCUT2D eigenvalue weighted by Crippen LogP contribution is -2.28. The number of carbonyl (C=O) groups excluding carboxylic acids is 1. The summed E-state index contributed by atoms with van der Waals surface area (Å²) in [5, 5.41) is 7.40. The van der Waals surface area contributed by atoms with Crippen LogP contribution in [0.15, 0.2) is 54.6 Å². The van der Waals surface area contributed by atoms with E-state index in [1.807, 2.05) is 48.5 Å². The minimum atomic E-state index is -0.0400. The molecule has 0 bridgehead atoms. The summed E-state index contributed by atoms with van der Waals surface area (Å²) in [6, 6.07) is 17.9. The van der Waals surface area contributed by atoms with Gasteiger partial charge in [-0.1, -0.05) is 43.3 Å². The van der Waals surface area contributed by atoms with Gasteiger partial charge in [0.25, 0.3) is 5.91 Å². The van der Waals surface area contributed by atoms with Crippen LogP contribution in [-0.2, 0) is 6.42 Å². The van der Waals surface area contributed by atoms with Crippen LogP contribution in [0.2, 0.25) is 0 Å². The maximum absolute atomic E-state index is 13.0. The molecule has 5 heteroatoms. The van der Waals surface area contributed by atoms with E-state index in [0.29, 0.717) is 17.9 Å². The molecule has 1 aromatic heterocycles. The highest BCUT2D eigenvalue weighted by Gasteiger charge is 2.14. The number of pyridine rings is 1.